The summed E-state index contributed by atoms with van der Waals surface area (Å²) in [5.74, 6) is 1.13. The minimum Gasteiger partial charge on any atom is -0.390 e. The number of rotatable bonds is 4. The van der Waals surface area contributed by atoms with E-state index in [1.165, 1.54) is 0 Å². The zero-order valence-corrected chi connectivity index (χ0v) is 9.75. The van der Waals surface area contributed by atoms with Crippen molar-refractivity contribution in [1.29, 1.82) is 0 Å². The number of benzene rings is 1. The van der Waals surface area contributed by atoms with Crippen molar-refractivity contribution in [2.45, 2.75) is 13.0 Å². The Bertz CT molecular complexity index is 483. The number of hydrogen-bond acceptors (Lipinski definition) is 3. The number of anilines is 1. The van der Waals surface area contributed by atoms with Gasteiger partial charge in [-0.2, -0.15) is 0 Å². The highest BCUT2D eigenvalue weighted by molar-refractivity contribution is 6.18. The lowest BCUT2D eigenvalue weighted by atomic mass is 10.2. The first-order valence-corrected chi connectivity index (χ1v) is 5.67. The van der Waals surface area contributed by atoms with Gasteiger partial charge in [0.05, 0.1) is 23.0 Å². The zero-order valence-electron chi connectivity index (χ0n) is 9.00. The van der Waals surface area contributed by atoms with Crippen LogP contribution in [0.2, 0.25) is 0 Å². The van der Waals surface area contributed by atoms with E-state index in [1.54, 1.807) is 0 Å². The van der Waals surface area contributed by atoms with Crippen LogP contribution in [0.25, 0.3) is 11.0 Å². The lowest BCUT2D eigenvalue weighted by molar-refractivity contribution is 0.211. The standard InChI is InChI=1S/C11H14ClN3O/c1-7-14-10-3-2-8(4-11(10)15-7)13-6-9(16)5-12/h2-4,9,13,16H,5-6H2,1H3,(H,14,15). The van der Waals surface area contributed by atoms with Crippen molar-refractivity contribution >= 4 is 28.3 Å². The molecule has 1 aromatic heterocycles. The number of nitrogens with zero attached hydrogens (tertiary/aromatic N) is 1. The summed E-state index contributed by atoms with van der Waals surface area (Å²) in [7, 11) is 0. The quantitative estimate of drug-likeness (QED) is 0.714. The van der Waals surface area contributed by atoms with Crippen molar-refractivity contribution in [3.63, 3.8) is 0 Å². The lowest BCUT2D eigenvalue weighted by Crippen LogP contribution is -2.20. The molecule has 1 atom stereocenters. The molecule has 0 aliphatic heterocycles. The monoisotopic (exact) mass is 239 g/mol. The second-order valence-corrected chi connectivity index (χ2v) is 4.05. The number of fused-ring (bicyclic) bond motifs is 1. The fourth-order valence-corrected chi connectivity index (χ4v) is 1.65. The van der Waals surface area contributed by atoms with Crippen LogP contribution >= 0.6 is 11.6 Å². The first-order valence-electron chi connectivity index (χ1n) is 5.13. The number of aryl methyl sites for hydroxylation is 1. The number of nitrogens with one attached hydrogen (secondary N) is 2. The van der Waals surface area contributed by atoms with Gasteiger partial charge in [0.25, 0.3) is 0 Å². The molecule has 1 aromatic carbocycles. The molecule has 5 heteroatoms. The topological polar surface area (TPSA) is 60.9 Å². The summed E-state index contributed by atoms with van der Waals surface area (Å²) in [5.41, 5.74) is 2.88. The molecule has 1 unspecified atom stereocenters. The Morgan fingerprint density at radius 1 is 1.56 bits per heavy atom. The van der Waals surface area contributed by atoms with Crippen LogP contribution in [-0.4, -0.2) is 33.6 Å². The zero-order chi connectivity index (χ0) is 11.5. The number of aromatic nitrogens is 2. The molecule has 0 saturated carbocycles. The maximum Gasteiger partial charge on any atom is 0.104 e. The van der Waals surface area contributed by atoms with Gasteiger partial charge in [-0.05, 0) is 25.1 Å². The second-order valence-electron chi connectivity index (χ2n) is 3.74. The molecule has 2 rings (SSSR count). The van der Waals surface area contributed by atoms with Crippen LogP contribution in [0.4, 0.5) is 5.69 Å². The van der Waals surface area contributed by atoms with Crippen molar-refractivity contribution in [3.8, 4) is 0 Å². The average Bonchev–Trinajstić information content (AvgIpc) is 2.65. The fourth-order valence-electron chi connectivity index (χ4n) is 1.54. The summed E-state index contributed by atoms with van der Waals surface area (Å²) in [6.45, 7) is 2.37. The van der Waals surface area contributed by atoms with Gasteiger partial charge < -0.3 is 15.4 Å². The molecule has 3 N–H and O–H groups in total. The molecule has 0 radical (unpaired) electrons. The Hall–Kier alpha value is -1.26. The highest BCUT2D eigenvalue weighted by Gasteiger charge is 2.03. The number of imidazole rings is 1. The maximum atomic E-state index is 9.32. The normalized spacial score (nSPS) is 12.9. The van der Waals surface area contributed by atoms with E-state index in [0.717, 1.165) is 22.5 Å². The second kappa shape index (κ2) is 4.72. The Kier molecular flexibility index (Phi) is 3.31. The fraction of sp³-hybridized carbons (Fsp3) is 0.364. The number of aromatic amines is 1. The molecule has 16 heavy (non-hydrogen) atoms. The van der Waals surface area contributed by atoms with Crippen molar-refractivity contribution in [3.05, 3.63) is 24.0 Å². The van der Waals surface area contributed by atoms with Gasteiger partial charge >= 0.3 is 0 Å². The van der Waals surface area contributed by atoms with Crippen molar-refractivity contribution in [2.75, 3.05) is 17.7 Å². The SMILES string of the molecule is Cc1nc2ccc(NCC(O)CCl)cc2[nH]1. The van der Waals surface area contributed by atoms with Crippen LogP contribution in [0.1, 0.15) is 5.82 Å². The van der Waals surface area contributed by atoms with Crippen LogP contribution < -0.4 is 5.32 Å². The van der Waals surface area contributed by atoms with Gasteiger partial charge in [0, 0.05) is 12.2 Å². The summed E-state index contributed by atoms with van der Waals surface area (Å²) in [6, 6.07) is 5.84. The maximum absolute atomic E-state index is 9.32. The molecule has 0 spiro atoms. The van der Waals surface area contributed by atoms with E-state index in [9.17, 15) is 5.11 Å². The number of hydrogen-bond donors (Lipinski definition) is 3. The highest BCUT2D eigenvalue weighted by atomic mass is 35.5. The number of aliphatic hydroxyl groups excluding tert-OH is 1. The molecule has 0 bridgehead atoms. The van der Waals surface area contributed by atoms with Crippen LogP contribution in [0.3, 0.4) is 0 Å². The molecular formula is C11H14ClN3O. The van der Waals surface area contributed by atoms with Gasteiger partial charge in [-0.15, -0.1) is 11.6 Å². The predicted octanol–water partition coefficient (Wildman–Crippen LogP) is 1.88. The molecule has 86 valence electrons. The minimum absolute atomic E-state index is 0.235. The van der Waals surface area contributed by atoms with Crippen molar-refractivity contribution in [2.24, 2.45) is 0 Å². The van der Waals surface area contributed by atoms with E-state index in [2.05, 4.69) is 15.3 Å². The van der Waals surface area contributed by atoms with E-state index in [1.807, 2.05) is 25.1 Å². The van der Waals surface area contributed by atoms with E-state index in [-0.39, 0.29) is 5.88 Å². The number of alkyl halides is 1. The first-order chi connectivity index (χ1) is 7.69. The largest absolute Gasteiger partial charge is 0.390 e. The molecule has 0 fully saturated rings. The third-order valence-electron chi connectivity index (χ3n) is 2.32. The van der Waals surface area contributed by atoms with E-state index in [4.69, 9.17) is 11.6 Å². The number of H-pyrrole nitrogens is 1. The van der Waals surface area contributed by atoms with Crippen LogP contribution in [0.15, 0.2) is 18.2 Å². The number of halogens is 1. The molecule has 4 nitrogen and oxygen atoms in total. The smallest absolute Gasteiger partial charge is 0.104 e. The van der Waals surface area contributed by atoms with E-state index < -0.39 is 6.10 Å². The lowest BCUT2D eigenvalue weighted by Gasteiger charge is -2.09. The van der Waals surface area contributed by atoms with E-state index in [0.29, 0.717) is 6.54 Å². The summed E-state index contributed by atoms with van der Waals surface area (Å²) in [6.07, 6.45) is -0.527. The average molecular weight is 240 g/mol. The summed E-state index contributed by atoms with van der Waals surface area (Å²) in [5, 5.41) is 12.4. The minimum atomic E-state index is -0.527. The Labute approximate surface area is 98.6 Å². The molecule has 0 saturated heterocycles. The van der Waals surface area contributed by atoms with E-state index >= 15 is 0 Å². The highest BCUT2D eigenvalue weighted by Crippen LogP contribution is 2.16. The van der Waals surface area contributed by atoms with Crippen LogP contribution in [0.5, 0.6) is 0 Å². The first kappa shape index (κ1) is 11.2. The molecular weight excluding hydrogens is 226 g/mol. The Morgan fingerprint density at radius 3 is 3.12 bits per heavy atom. The van der Waals surface area contributed by atoms with Crippen molar-refractivity contribution in [1.82, 2.24) is 9.97 Å². The molecule has 1 heterocycles. The molecule has 0 amide bonds. The third-order valence-corrected chi connectivity index (χ3v) is 2.68. The summed E-state index contributed by atoms with van der Waals surface area (Å²) >= 11 is 5.51. The Morgan fingerprint density at radius 2 is 2.38 bits per heavy atom. The van der Waals surface area contributed by atoms with Gasteiger partial charge in [-0.3, -0.25) is 0 Å². The van der Waals surface area contributed by atoms with Gasteiger partial charge in [0.1, 0.15) is 5.82 Å². The van der Waals surface area contributed by atoms with Crippen LogP contribution in [0, 0.1) is 6.92 Å². The third kappa shape index (κ3) is 2.46. The molecule has 2 aromatic rings. The van der Waals surface area contributed by atoms with Gasteiger partial charge in [0.2, 0.25) is 0 Å². The Balaban J connectivity index is 2.13. The van der Waals surface area contributed by atoms with Crippen molar-refractivity contribution < 1.29 is 5.11 Å². The van der Waals surface area contributed by atoms with Gasteiger partial charge in [-0.1, -0.05) is 0 Å². The summed E-state index contributed by atoms with van der Waals surface area (Å²) < 4.78 is 0. The van der Waals surface area contributed by atoms with Gasteiger partial charge in [0.15, 0.2) is 0 Å². The van der Waals surface area contributed by atoms with Gasteiger partial charge in [-0.25, -0.2) is 4.98 Å². The van der Waals surface area contributed by atoms with Crippen LogP contribution in [-0.2, 0) is 0 Å². The molecule has 0 aliphatic carbocycles. The molecule has 0 aliphatic rings. The predicted molar refractivity (Wildman–Crippen MR) is 66.0 cm³/mol. The number of aliphatic hydroxyl groups is 1. The summed E-state index contributed by atoms with van der Waals surface area (Å²) in [4.78, 5) is 7.47.